The van der Waals surface area contributed by atoms with Crippen molar-refractivity contribution in [2.45, 2.75) is 31.3 Å². The number of hydrogen-bond donors (Lipinski definition) is 1. The number of sulfonamides is 1. The van der Waals surface area contributed by atoms with E-state index in [-0.39, 0.29) is 22.2 Å². The zero-order chi connectivity index (χ0) is 27.3. The van der Waals surface area contributed by atoms with Crippen LogP contribution in [0.3, 0.4) is 0 Å². The van der Waals surface area contributed by atoms with E-state index >= 15 is 0 Å². The summed E-state index contributed by atoms with van der Waals surface area (Å²) in [5, 5.41) is 3.28. The Morgan fingerprint density at radius 2 is 1.46 bits per heavy atom. The molecule has 0 aliphatic heterocycles. The molecular weight excluding hydrogens is 557 g/mol. The van der Waals surface area contributed by atoms with Crippen LogP contribution in [0.1, 0.15) is 18.1 Å². The quantitative estimate of drug-likeness (QED) is 0.370. The number of carbonyl (C=O) groups excluding carboxylic acids is 2. The van der Waals surface area contributed by atoms with Gasteiger partial charge in [0.25, 0.3) is 10.0 Å². The minimum absolute atomic E-state index is 0.00846. The second kappa shape index (κ2) is 12.2. The molecule has 0 aliphatic carbocycles. The Morgan fingerprint density at radius 1 is 0.892 bits per heavy atom. The molecule has 1 atom stereocenters. The van der Waals surface area contributed by atoms with Gasteiger partial charge >= 0.3 is 0 Å². The van der Waals surface area contributed by atoms with E-state index in [0.29, 0.717) is 15.6 Å². The van der Waals surface area contributed by atoms with Crippen LogP contribution in [0.15, 0.2) is 71.6 Å². The van der Waals surface area contributed by atoms with Crippen LogP contribution < -0.4 is 9.62 Å². The van der Waals surface area contributed by atoms with E-state index in [9.17, 15) is 18.0 Å². The fourth-order valence-electron chi connectivity index (χ4n) is 3.65. The van der Waals surface area contributed by atoms with E-state index in [1.54, 1.807) is 42.5 Å². The van der Waals surface area contributed by atoms with E-state index < -0.39 is 34.4 Å². The summed E-state index contributed by atoms with van der Waals surface area (Å²) in [4.78, 5) is 27.6. The molecule has 0 bridgehead atoms. The van der Waals surface area contributed by atoms with Crippen molar-refractivity contribution >= 4 is 62.3 Å². The fraction of sp³-hybridized carbons (Fsp3) is 0.231. The molecule has 0 heterocycles. The maximum absolute atomic E-state index is 13.8. The number of nitrogens with one attached hydrogen (secondary N) is 1. The van der Waals surface area contributed by atoms with Gasteiger partial charge in [-0.05, 0) is 50.2 Å². The number of para-hydroxylation sites is 1. The molecule has 3 aromatic carbocycles. The van der Waals surface area contributed by atoms with Crippen LogP contribution in [0.25, 0.3) is 0 Å². The highest BCUT2D eigenvalue weighted by atomic mass is 35.5. The Bertz CT molecular complexity index is 1380. The van der Waals surface area contributed by atoms with E-state index in [0.717, 1.165) is 9.87 Å². The van der Waals surface area contributed by atoms with Crippen LogP contribution in [0, 0.1) is 6.92 Å². The van der Waals surface area contributed by atoms with Crippen molar-refractivity contribution in [2.75, 3.05) is 17.9 Å². The minimum Gasteiger partial charge on any atom is -0.357 e. The van der Waals surface area contributed by atoms with Gasteiger partial charge < -0.3 is 10.2 Å². The molecule has 0 saturated heterocycles. The maximum atomic E-state index is 13.8. The van der Waals surface area contributed by atoms with Gasteiger partial charge in [0.1, 0.15) is 12.6 Å². The number of hydrogen-bond acceptors (Lipinski definition) is 4. The zero-order valence-electron chi connectivity index (χ0n) is 20.4. The molecule has 2 amide bonds. The molecule has 0 fully saturated rings. The van der Waals surface area contributed by atoms with Crippen LogP contribution in [0.5, 0.6) is 0 Å². The first-order valence-electron chi connectivity index (χ1n) is 11.2. The molecular formula is C26H26Cl3N3O4S. The zero-order valence-corrected chi connectivity index (χ0v) is 23.5. The minimum atomic E-state index is -4.21. The normalized spacial score (nSPS) is 12.1. The first kappa shape index (κ1) is 28.8. The molecule has 3 aromatic rings. The SMILES string of the molecule is CNC(=O)[C@@H](C)N(Cc1c(Cl)cccc1Cl)C(=O)CN(c1ccccc1Cl)S(=O)(=O)c1ccc(C)cc1. The number of anilines is 1. The van der Waals surface area contributed by atoms with Gasteiger partial charge in [-0.1, -0.05) is 70.7 Å². The summed E-state index contributed by atoms with van der Waals surface area (Å²) in [7, 11) is -2.77. The third kappa shape index (κ3) is 6.57. The summed E-state index contributed by atoms with van der Waals surface area (Å²) in [5.41, 5.74) is 1.43. The van der Waals surface area contributed by atoms with Crippen LogP contribution in [0.4, 0.5) is 5.69 Å². The summed E-state index contributed by atoms with van der Waals surface area (Å²) in [5.74, 6) is -1.09. The summed E-state index contributed by atoms with van der Waals surface area (Å²) < 4.78 is 28.5. The Hall–Kier alpha value is -2.78. The lowest BCUT2D eigenvalue weighted by Gasteiger charge is -2.32. The van der Waals surface area contributed by atoms with E-state index in [2.05, 4.69) is 5.32 Å². The smallest absolute Gasteiger partial charge is 0.264 e. The highest BCUT2D eigenvalue weighted by molar-refractivity contribution is 7.92. The predicted octanol–water partition coefficient (Wildman–Crippen LogP) is 5.31. The average molecular weight is 583 g/mol. The van der Waals surface area contributed by atoms with E-state index in [1.165, 1.54) is 43.1 Å². The first-order chi connectivity index (χ1) is 17.5. The lowest BCUT2D eigenvalue weighted by molar-refractivity contribution is -0.139. The highest BCUT2D eigenvalue weighted by Crippen LogP contribution is 2.31. The van der Waals surface area contributed by atoms with Crippen molar-refractivity contribution < 1.29 is 18.0 Å². The van der Waals surface area contributed by atoms with Crippen molar-refractivity contribution in [1.82, 2.24) is 10.2 Å². The Balaban J connectivity index is 2.08. The van der Waals surface area contributed by atoms with Gasteiger partial charge in [-0.3, -0.25) is 13.9 Å². The molecule has 0 aliphatic rings. The Labute approximate surface area is 232 Å². The largest absolute Gasteiger partial charge is 0.357 e. The number of rotatable bonds is 9. The summed E-state index contributed by atoms with van der Waals surface area (Å²) in [6.07, 6.45) is 0. The molecule has 0 aromatic heterocycles. The van der Waals surface area contributed by atoms with Gasteiger partial charge in [0, 0.05) is 29.2 Å². The van der Waals surface area contributed by atoms with Gasteiger partial charge in [0.15, 0.2) is 0 Å². The molecule has 11 heteroatoms. The lowest BCUT2D eigenvalue weighted by atomic mass is 10.1. The van der Waals surface area contributed by atoms with Crippen molar-refractivity contribution in [1.29, 1.82) is 0 Å². The number of amides is 2. The van der Waals surface area contributed by atoms with Gasteiger partial charge in [0.2, 0.25) is 11.8 Å². The molecule has 0 radical (unpaired) electrons. The van der Waals surface area contributed by atoms with Crippen molar-refractivity contribution in [3.8, 4) is 0 Å². The number of carbonyl (C=O) groups is 2. The molecule has 196 valence electrons. The lowest BCUT2D eigenvalue weighted by Crippen LogP contribution is -2.50. The predicted molar refractivity (Wildman–Crippen MR) is 148 cm³/mol. The number of aryl methyl sites for hydroxylation is 1. The molecule has 0 unspecified atom stereocenters. The molecule has 37 heavy (non-hydrogen) atoms. The van der Waals surface area contributed by atoms with Gasteiger partial charge in [0.05, 0.1) is 15.6 Å². The second-order valence-electron chi connectivity index (χ2n) is 8.29. The summed E-state index contributed by atoms with van der Waals surface area (Å²) in [6.45, 7) is 2.63. The average Bonchev–Trinajstić information content (AvgIpc) is 2.87. The van der Waals surface area contributed by atoms with Crippen LogP contribution >= 0.6 is 34.8 Å². The maximum Gasteiger partial charge on any atom is 0.264 e. The Morgan fingerprint density at radius 3 is 2.03 bits per heavy atom. The van der Waals surface area contributed by atoms with Crippen molar-refractivity contribution in [3.05, 3.63) is 92.9 Å². The number of benzene rings is 3. The highest BCUT2D eigenvalue weighted by Gasteiger charge is 2.33. The van der Waals surface area contributed by atoms with Gasteiger partial charge in [-0.2, -0.15) is 0 Å². The standard InChI is InChI=1S/C26H26Cl3N3O4S/c1-17-11-13-19(14-12-17)37(35,36)32(24-10-5-4-7-23(24)29)16-25(33)31(18(2)26(34)30-3)15-20-21(27)8-6-9-22(20)28/h4-14,18H,15-16H2,1-3H3,(H,30,34)/t18-/m1/s1. The second-order valence-corrected chi connectivity index (χ2v) is 11.4. The van der Waals surface area contributed by atoms with Crippen LogP contribution in [0.2, 0.25) is 15.1 Å². The van der Waals surface area contributed by atoms with Crippen molar-refractivity contribution in [2.24, 2.45) is 0 Å². The number of likely N-dealkylation sites (N-methyl/N-ethyl adjacent to an activating group) is 1. The number of nitrogens with zero attached hydrogens (tertiary/aromatic N) is 2. The summed E-state index contributed by atoms with van der Waals surface area (Å²) in [6, 6.07) is 16.5. The van der Waals surface area contributed by atoms with Crippen LogP contribution in [-0.2, 0) is 26.2 Å². The molecule has 0 spiro atoms. The summed E-state index contributed by atoms with van der Waals surface area (Å²) >= 11 is 19.1. The molecule has 1 N–H and O–H groups in total. The van der Waals surface area contributed by atoms with Gasteiger partial charge in [-0.25, -0.2) is 8.42 Å². The molecule has 0 saturated carbocycles. The first-order valence-corrected chi connectivity index (χ1v) is 13.8. The molecule has 7 nitrogen and oxygen atoms in total. The van der Waals surface area contributed by atoms with E-state index in [4.69, 9.17) is 34.8 Å². The third-order valence-electron chi connectivity index (χ3n) is 5.81. The Kier molecular flexibility index (Phi) is 9.47. The third-order valence-corrected chi connectivity index (χ3v) is 8.61. The topological polar surface area (TPSA) is 86.8 Å². The van der Waals surface area contributed by atoms with Crippen molar-refractivity contribution in [3.63, 3.8) is 0 Å². The van der Waals surface area contributed by atoms with E-state index in [1.807, 2.05) is 6.92 Å². The molecule has 3 rings (SSSR count). The number of halogens is 3. The van der Waals surface area contributed by atoms with Gasteiger partial charge in [-0.15, -0.1) is 0 Å². The van der Waals surface area contributed by atoms with Crippen LogP contribution in [-0.4, -0.2) is 44.8 Å². The fourth-order valence-corrected chi connectivity index (χ4v) is 5.89. The monoisotopic (exact) mass is 581 g/mol.